The number of nitrogen functional groups attached to an aromatic ring is 1. The molecule has 0 bridgehead atoms. The van der Waals surface area contributed by atoms with Crippen molar-refractivity contribution in [2.24, 2.45) is 0 Å². The number of aliphatic hydroxyl groups is 3. The zero-order valence-corrected chi connectivity index (χ0v) is 9.80. The van der Waals surface area contributed by atoms with E-state index in [0.717, 1.165) is 4.57 Å². The van der Waals surface area contributed by atoms with Gasteiger partial charge in [-0.2, -0.15) is 4.98 Å². The molecule has 1 fully saturated rings. The molecule has 102 valence electrons. The van der Waals surface area contributed by atoms with Crippen LogP contribution in [0.3, 0.4) is 0 Å². The second kappa shape index (κ2) is 4.64. The summed E-state index contributed by atoms with van der Waals surface area (Å²) in [5, 5.41) is 29.0. The van der Waals surface area contributed by atoms with E-state index >= 15 is 0 Å². The molecule has 1 saturated heterocycles. The number of hydrogen-bond donors (Lipinski definition) is 4. The fourth-order valence-electron chi connectivity index (χ4n) is 1.92. The first-order valence-corrected chi connectivity index (χ1v) is 5.42. The molecule has 0 radical (unpaired) electrons. The summed E-state index contributed by atoms with van der Waals surface area (Å²) in [5.41, 5.74) is 2.82. The Morgan fingerprint density at radius 2 is 2.32 bits per heavy atom. The Bertz CT molecular complexity index is 580. The van der Waals surface area contributed by atoms with Crippen LogP contribution in [-0.2, 0) is 4.74 Å². The minimum atomic E-state index is -1.76. The van der Waals surface area contributed by atoms with Crippen LogP contribution in [0.1, 0.15) is 6.23 Å². The standard InChI is InChI=1S/C11H13N3O5/c1-2-11(5-15)8(17)7(16)9(19-11)14-4-3-6(12)13-10(14)18/h1,3-4,7-9,15-17H,5H2,(H2,12,13,18)/t7-,8-,9?,11+/m0/s1. The van der Waals surface area contributed by atoms with Gasteiger partial charge in [-0.3, -0.25) is 4.57 Å². The Balaban J connectivity index is 2.43. The third-order valence-corrected chi connectivity index (χ3v) is 3.03. The van der Waals surface area contributed by atoms with E-state index in [1.54, 1.807) is 0 Å². The number of aliphatic hydroxyl groups excluding tert-OH is 3. The topological polar surface area (TPSA) is 131 Å². The van der Waals surface area contributed by atoms with Crippen molar-refractivity contribution in [3.8, 4) is 12.3 Å². The fourth-order valence-corrected chi connectivity index (χ4v) is 1.92. The van der Waals surface area contributed by atoms with Crippen molar-refractivity contribution in [3.63, 3.8) is 0 Å². The second-order valence-corrected chi connectivity index (χ2v) is 4.18. The molecule has 1 aliphatic rings. The zero-order valence-electron chi connectivity index (χ0n) is 9.80. The Kier molecular flexibility index (Phi) is 3.30. The zero-order chi connectivity index (χ0) is 14.2. The smallest absolute Gasteiger partial charge is 0.351 e. The summed E-state index contributed by atoms with van der Waals surface area (Å²) in [6.07, 6.45) is 2.20. The van der Waals surface area contributed by atoms with E-state index in [4.69, 9.17) is 16.9 Å². The van der Waals surface area contributed by atoms with Crippen LogP contribution in [0.15, 0.2) is 17.1 Å². The lowest BCUT2D eigenvalue weighted by Gasteiger charge is -2.23. The predicted octanol–water partition coefficient (Wildman–Crippen LogP) is -2.56. The van der Waals surface area contributed by atoms with E-state index in [-0.39, 0.29) is 5.82 Å². The lowest BCUT2D eigenvalue weighted by Crippen LogP contribution is -2.45. The lowest BCUT2D eigenvalue weighted by atomic mass is 9.97. The van der Waals surface area contributed by atoms with Gasteiger partial charge >= 0.3 is 5.69 Å². The summed E-state index contributed by atoms with van der Waals surface area (Å²) in [6.45, 7) is -0.699. The number of terminal acetylenes is 1. The summed E-state index contributed by atoms with van der Waals surface area (Å²) in [5.74, 6) is 2.11. The normalized spacial score (nSPS) is 34.1. The highest BCUT2D eigenvalue weighted by molar-refractivity contribution is 5.24. The Morgan fingerprint density at radius 3 is 2.79 bits per heavy atom. The number of aromatic nitrogens is 2. The first kappa shape index (κ1) is 13.5. The van der Waals surface area contributed by atoms with Gasteiger partial charge in [0.2, 0.25) is 0 Å². The molecular weight excluding hydrogens is 254 g/mol. The average Bonchev–Trinajstić information content (AvgIpc) is 2.64. The Hall–Kier alpha value is -1.92. The van der Waals surface area contributed by atoms with Gasteiger partial charge in [0.1, 0.15) is 18.0 Å². The van der Waals surface area contributed by atoms with Gasteiger partial charge in [0.15, 0.2) is 11.8 Å². The molecule has 8 nitrogen and oxygen atoms in total. The number of nitrogens with zero attached hydrogens (tertiary/aromatic N) is 2. The molecule has 0 aromatic carbocycles. The van der Waals surface area contributed by atoms with Crippen LogP contribution in [0.4, 0.5) is 5.82 Å². The molecule has 1 aromatic rings. The molecule has 0 aliphatic carbocycles. The Morgan fingerprint density at radius 1 is 1.63 bits per heavy atom. The van der Waals surface area contributed by atoms with Crippen molar-refractivity contribution in [1.82, 2.24) is 9.55 Å². The highest BCUT2D eigenvalue weighted by atomic mass is 16.6. The number of rotatable bonds is 2. The lowest BCUT2D eigenvalue weighted by molar-refractivity contribution is -0.0935. The number of hydrogen-bond acceptors (Lipinski definition) is 7. The molecule has 1 aliphatic heterocycles. The molecule has 0 saturated carbocycles. The average molecular weight is 267 g/mol. The molecule has 8 heteroatoms. The van der Waals surface area contributed by atoms with E-state index in [1.807, 2.05) is 0 Å². The van der Waals surface area contributed by atoms with Gasteiger partial charge in [0.25, 0.3) is 0 Å². The van der Waals surface area contributed by atoms with Gasteiger partial charge in [-0.25, -0.2) is 4.79 Å². The van der Waals surface area contributed by atoms with Crippen molar-refractivity contribution in [2.45, 2.75) is 24.0 Å². The van der Waals surface area contributed by atoms with E-state index in [1.165, 1.54) is 12.3 Å². The number of ether oxygens (including phenoxy) is 1. The molecule has 1 aromatic heterocycles. The quantitative estimate of drug-likeness (QED) is 0.433. The monoisotopic (exact) mass is 267 g/mol. The molecule has 4 atom stereocenters. The maximum Gasteiger partial charge on any atom is 0.351 e. The van der Waals surface area contributed by atoms with Gasteiger partial charge in [0, 0.05) is 6.20 Å². The first-order chi connectivity index (χ1) is 8.95. The van der Waals surface area contributed by atoms with E-state index < -0.39 is 36.3 Å². The first-order valence-electron chi connectivity index (χ1n) is 5.42. The third kappa shape index (κ3) is 1.98. The number of anilines is 1. The Labute approximate surface area is 108 Å². The van der Waals surface area contributed by atoms with E-state index in [0.29, 0.717) is 0 Å². The van der Waals surface area contributed by atoms with Gasteiger partial charge in [-0.15, -0.1) is 6.42 Å². The van der Waals surface area contributed by atoms with Gasteiger partial charge < -0.3 is 25.8 Å². The largest absolute Gasteiger partial charge is 0.392 e. The van der Waals surface area contributed by atoms with Crippen molar-refractivity contribution < 1.29 is 20.1 Å². The molecule has 2 rings (SSSR count). The van der Waals surface area contributed by atoms with Crippen LogP contribution in [0.5, 0.6) is 0 Å². The van der Waals surface area contributed by atoms with Crippen LogP contribution in [-0.4, -0.2) is 49.3 Å². The SMILES string of the molecule is C#C[C@]1(CO)OC(n2ccc(N)nc2=O)[C@@H](O)[C@@H]1O. The summed E-state index contributed by atoms with van der Waals surface area (Å²) >= 11 is 0. The van der Waals surface area contributed by atoms with E-state index in [9.17, 15) is 20.1 Å². The summed E-state index contributed by atoms with van der Waals surface area (Å²) in [6, 6.07) is 1.33. The second-order valence-electron chi connectivity index (χ2n) is 4.18. The fraction of sp³-hybridized carbons (Fsp3) is 0.455. The summed E-state index contributed by atoms with van der Waals surface area (Å²) < 4.78 is 6.22. The minimum Gasteiger partial charge on any atom is -0.392 e. The molecule has 19 heavy (non-hydrogen) atoms. The maximum absolute atomic E-state index is 11.7. The molecule has 2 heterocycles. The van der Waals surface area contributed by atoms with Crippen molar-refractivity contribution >= 4 is 5.82 Å². The maximum atomic E-state index is 11.7. The highest BCUT2D eigenvalue weighted by Gasteiger charge is 2.54. The predicted molar refractivity (Wildman–Crippen MR) is 63.7 cm³/mol. The molecule has 0 amide bonds. The van der Waals surface area contributed by atoms with Crippen LogP contribution in [0.25, 0.3) is 0 Å². The van der Waals surface area contributed by atoms with Gasteiger partial charge in [-0.1, -0.05) is 5.92 Å². The summed E-state index contributed by atoms with van der Waals surface area (Å²) in [7, 11) is 0. The molecular formula is C11H13N3O5. The number of nitrogens with two attached hydrogens (primary N) is 1. The highest BCUT2D eigenvalue weighted by Crippen LogP contribution is 2.35. The van der Waals surface area contributed by atoms with Crippen molar-refractivity contribution in [3.05, 3.63) is 22.7 Å². The van der Waals surface area contributed by atoms with Gasteiger partial charge in [0.05, 0.1) is 6.61 Å². The van der Waals surface area contributed by atoms with E-state index in [2.05, 4.69) is 10.9 Å². The van der Waals surface area contributed by atoms with Gasteiger partial charge in [-0.05, 0) is 6.07 Å². The van der Waals surface area contributed by atoms with Crippen molar-refractivity contribution in [2.75, 3.05) is 12.3 Å². The van der Waals surface area contributed by atoms with Crippen LogP contribution in [0.2, 0.25) is 0 Å². The minimum absolute atomic E-state index is 0.0136. The van der Waals surface area contributed by atoms with Crippen molar-refractivity contribution in [1.29, 1.82) is 0 Å². The molecule has 0 spiro atoms. The van der Waals surface area contributed by atoms with Crippen LogP contribution < -0.4 is 11.4 Å². The van der Waals surface area contributed by atoms with Crippen LogP contribution in [0, 0.1) is 12.3 Å². The van der Waals surface area contributed by atoms with Crippen LogP contribution >= 0.6 is 0 Å². The molecule has 1 unspecified atom stereocenters. The summed E-state index contributed by atoms with van der Waals surface area (Å²) in [4.78, 5) is 15.1. The molecule has 5 N–H and O–H groups in total. The third-order valence-electron chi connectivity index (χ3n) is 3.03.